The Morgan fingerprint density at radius 3 is 2.77 bits per heavy atom. The number of aromatic nitrogens is 2. The van der Waals surface area contributed by atoms with E-state index in [9.17, 15) is 18.0 Å². The monoisotopic (exact) mass is 399 g/mol. The van der Waals surface area contributed by atoms with Crippen molar-refractivity contribution in [3.8, 4) is 10.7 Å². The standard InChI is InChI=1S/C16H12F3N3O2S2/c17-16(18,19)10-4-1-2-5-11(10)20-13(23)8-25-9-14-21-15(22-24-14)12-6-3-7-26-12/h1-7H,8-9H2,(H,20,23). The third kappa shape index (κ3) is 4.64. The first kappa shape index (κ1) is 18.5. The van der Waals surface area contributed by atoms with E-state index in [1.54, 1.807) is 0 Å². The number of nitrogens with zero attached hydrogens (tertiary/aromatic N) is 2. The molecule has 0 unspecified atom stereocenters. The van der Waals surface area contributed by atoms with Crippen LogP contribution in [0.3, 0.4) is 0 Å². The maximum absolute atomic E-state index is 12.9. The number of alkyl halides is 3. The second-order valence-electron chi connectivity index (χ2n) is 5.07. The van der Waals surface area contributed by atoms with Crippen molar-refractivity contribution in [2.45, 2.75) is 11.9 Å². The molecule has 10 heteroatoms. The molecule has 3 rings (SSSR count). The summed E-state index contributed by atoms with van der Waals surface area (Å²) in [4.78, 5) is 17.0. The van der Waals surface area contributed by atoms with Crippen LogP contribution in [0.5, 0.6) is 0 Å². The molecule has 0 bridgehead atoms. The van der Waals surface area contributed by atoms with Gasteiger partial charge in [-0.15, -0.1) is 23.1 Å². The highest BCUT2D eigenvalue weighted by molar-refractivity contribution is 7.99. The van der Waals surface area contributed by atoms with Crippen LogP contribution in [0.2, 0.25) is 0 Å². The molecule has 0 spiro atoms. The van der Waals surface area contributed by atoms with Crippen LogP contribution >= 0.6 is 23.1 Å². The number of thioether (sulfide) groups is 1. The minimum absolute atomic E-state index is 0.0388. The average molecular weight is 399 g/mol. The fourth-order valence-corrected chi connectivity index (χ4v) is 3.38. The number of halogens is 3. The highest BCUT2D eigenvalue weighted by Crippen LogP contribution is 2.34. The Morgan fingerprint density at radius 2 is 2.04 bits per heavy atom. The van der Waals surface area contributed by atoms with E-state index in [0.717, 1.165) is 10.9 Å². The molecule has 0 aliphatic heterocycles. The Balaban J connectivity index is 1.53. The molecule has 0 aliphatic carbocycles. The third-order valence-electron chi connectivity index (χ3n) is 3.17. The van der Waals surface area contributed by atoms with Gasteiger partial charge in [0.05, 0.1) is 27.6 Å². The van der Waals surface area contributed by atoms with E-state index < -0.39 is 17.6 Å². The molecule has 1 amide bonds. The van der Waals surface area contributed by atoms with Crippen molar-refractivity contribution in [1.82, 2.24) is 10.1 Å². The average Bonchev–Trinajstić information content (AvgIpc) is 3.25. The number of thiophene rings is 1. The molecule has 0 saturated carbocycles. The van der Waals surface area contributed by atoms with Crippen LogP contribution in [-0.4, -0.2) is 21.8 Å². The smallest absolute Gasteiger partial charge is 0.338 e. The summed E-state index contributed by atoms with van der Waals surface area (Å²) >= 11 is 2.65. The zero-order valence-corrected chi connectivity index (χ0v) is 14.7. The molecule has 3 aromatic rings. The zero-order chi connectivity index (χ0) is 18.6. The molecule has 0 aliphatic rings. The van der Waals surface area contributed by atoms with Crippen LogP contribution in [0.4, 0.5) is 18.9 Å². The number of hydrogen-bond donors (Lipinski definition) is 1. The lowest BCUT2D eigenvalue weighted by Gasteiger charge is -2.13. The number of carbonyl (C=O) groups is 1. The van der Waals surface area contributed by atoms with Gasteiger partial charge in [0.1, 0.15) is 0 Å². The van der Waals surface area contributed by atoms with Gasteiger partial charge >= 0.3 is 6.18 Å². The topological polar surface area (TPSA) is 68.0 Å². The first-order chi connectivity index (χ1) is 12.4. The van der Waals surface area contributed by atoms with Gasteiger partial charge in [-0.2, -0.15) is 18.2 Å². The number of para-hydroxylation sites is 1. The Labute approximate surface area is 154 Å². The SMILES string of the molecule is O=C(CSCc1nc(-c2cccs2)no1)Nc1ccccc1C(F)(F)F. The van der Waals surface area contributed by atoms with E-state index in [4.69, 9.17) is 4.52 Å². The molecule has 1 N–H and O–H groups in total. The lowest BCUT2D eigenvalue weighted by Crippen LogP contribution is -2.18. The molecular formula is C16H12F3N3O2S2. The fourth-order valence-electron chi connectivity index (χ4n) is 2.08. The van der Waals surface area contributed by atoms with Gasteiger partial charge in [0.25, 0.3) is 0 Å². The van der Waals surface area contributed by atoms with E-state index in [-0.39, 0.29) is 17.2 Å². The summed E-state index contributed by atoms with van der Waals surface area (Å²) < 4.78 is 43.8. The van der Waals surface area contributed by atoms with Gasteiger partial charge in [-0.25, -0.2) is 0 Å². The van der Waals surface area contributed by atoms with Crippen LogP contribution in [-0.2, 0) is 16.7 Å². The van der Waals surface area contributed by atoms with Gasteiger partial charge < -0.3 is 9.84 Å². The van der Waals surface area contributed by atoms with Crippen molar-refractivity contribution < 1.29 is 22.5 Å². The van der Waals surface area contributed by atoms with Crippen molar-refractivity contribution in [1.29, 1.82) is 0 Å². The maximum atomic E-state index is 12.9. The van der Waals surface area contributed by atoms with E-state index in [0.29, 0.717) is 11.7 Å². The van der Waals surface area contributed by atoms with Crippen LogP contribution in [0.15, 0.2) is 46.3 Å². The number of rotatable bonds is 6. The normalized spacial score (nSPS) is 11.5. The van der Waals surface area contributed by atoms with E-state index in [1.165, 1.54) is 41.3 Å². The van der Waals surface area contributed by atoms with Crippen molar-refractivity contribution in [3.05, 3.63) is 53.2 Å². The quantitative estimate of drug-likeness (QED) is 0.651. The predicted octanol–water partition coefficient (Wildman–Crippen LogP) is 4.69. The lowest BCUT2D eigenvalue weighted by molar-refractivity contribution is -0.137. The summed E-state index contributed by atoms with van der Waals surface area (Å²) in [5.41, 5.74) is -1.14. The summed E-state index contributed by atoms with van der Waals surface area (Å²) in [5.74, 6) is 0.529. The number of hydrogen-bond acceptors (Lipinski definition) is 6. The van der Waals surface area contributed by atoms with Crippen LogP contribution < -0.4 is 5.32 Å². The Hall–Kier alpha value is -2.33. The van der Waals surface area contributed by atoms with E-state index >= 15 is 0 Å². The molecular weight excluding hydrogens is 387 g/mol. The molecule has 0 atom stereocenters. The van der Waals surface area contributed by atoms with E-state index in [2.05, 4.69) is 15.5 Å². The van der Waals surface area contributed by atoms with Gasteiger partial charge in [-0.05, 0) is 23.6 Å². The largest absolute Gasteiger partial charge is 0.418 e. The summed E-state index contributed by atoms with van der Waals surface area (Å²) in [6.07, 6.45) is -4.53. The van der Waals surface area contributed by atoms with Gasteiger partial charge in [0.2, 0.25) is 17.6 Å². The zero-order valence-electron chi connectivity index (χ0n) is 13.1. The summed E-state index contributed by atoms with van der Waals surface area (Å²) in [5, 5.41) is 8.03. The number of amides is 1. The highest BCUT2D eigenvalue weighted by Gasteiger charge is 2.33. The number of benzene rings is 1. The lowest BCUT2D eigenvalue weighted by atomic mass is 10.1. The van der Waals surface area contributed by atoms with Gasteiger partial charge in [-0.1, -0.05) is 23.4 Å². The molecule has 0 fully saturated rings. The summed E-state index contributed by atoms with van der Waals surface area (Å²) in [7, 11) is 0. The Morgan fingerprint density at radius 1 is 1.23 bits per heavy atom. The maximum Gasteiger partial charge on any atom is 0.418 e. The first-order valence-corrected chi connectivity index (χ1v) is 9.37. The van der Waals surface area contributed by atoms with Crippen LogP contribution in [0.1, 0.15) is 11.5 Å². The molecule has 0 radical (unpaired) electrons. The third-order valence-corrected chi connectivity index (χ3v) is 4.96. The van der Waals surface area contributed by atoms with Crippen LogP contribution in [0, 0.1) is 0 Å². The van der Waals surface area contributed by atoms with Gasteiger partial charge in [0.15, 0.2) is 0 Å². The van der Waals surface area contributed by atoms with Crippen molar-refractivity contribution in [2.75, 3.05) is 11.1 Å². The van der Waals surface area contributed by atoms with Crippen LogP contribution in [0.25, 0.3) is 10.7 Å². The Bertz CT molecular complexity index is 879. The fraction of sp³-hybridized carbons (Fsp3) is 0.188. The second-order valence-corrected chi connectivity index (χ2v) is 7.01. The minimum Gasteiger partial charge on any atom is -0.338 e. The van der Waals surface area contributed by atoms with E-state index in [1.807, 2.05) is 17.5 Å². The number of anilines is 1. The number of nitrogens with one attached hydrogen (secondary N) is 1. The molecule has 5 nitrogen and oxygen atoms in total. The summed E-state index contributed by atoms with van der Waals surface area (Å²) in [6, 6.07) is 8.58. The Kier molecular flexibility index (Phi) is 5.62. The predicted molar refractivity (Wildman–Crippen MR) is 93.8 cm³/mol. The summed E-state index contributed by atoms with van der Waals surface area (Å²) in [6.45, 7) is 0. The molecule has 2 aromatic heterocycles. The molecule has 0 saturated heterocycles. The van der Waals surface area contributed by atoms with Gasteiger partial charge in [0, 0.05) is 0 Å². The van der Waals surface area contributed by atoms with Crippen molar-refractivity contribution in [3.63, 3.8) is 0 Å². The second kappa shape index (κ2) is 7.92. The first-order valence-electron chi connectivity index (χ1n) is 7.34. The molecule has 1 aromatic carbocycles. The van der Waals surface area contributed by atoms with Crippen molar-refractivity contribution >= 4 is 34.7 Å². The molecule has 136 valence electrons. The minimum atomic E-state index is -4.53. The molecule has 26 heavy (non-hydrogen) atoms. The van der Waals surface area contributed by atoms with Gasteiger partial charge in [-0.3, -0.25) is 4.79 Å². The number of carbonyl (C=O) groups excluding carboxylic acids is 1. The molecule has 2 heterocycles. The van der Waals surface area contributed by atoms with Crippen molar-refractivity contribution in [2.24, 2.45) is 0 Å². The highest BCUT2D eigenvalue weighted by atomic mass is 32.2.